The maximum Gasteiger partial charge on any atom is 0.252 e. The molecule has 0 fully saturated rings. The molecule has 0 aliphatic rings. The summed E-state index contributed by atoms with van der Waals surface area (Å²) >= 11 is 5.58. The normalized spacial score (nSPS) is 10.5. The second kappa shape index (κ2) is 7.43. The number of carbonyl (C=O) groups is 1. The lowest BCUT2D eigenvalue weighted by atomic mass is 10.0. The highest BCUT2D eigenvalue weighted by atomic mass is 35.5. The summed E-state index contributed by atoms with van der Waals surface area (Å²) < 4.78 is 5.91. The summed E-state index contributed by atoms with van der Waals surface area (Å²) in [5, 5.41) is -0.475. The number of carbonyl (C=O) groups excluding carboxylic acids is 1. The first-order valence-electron chi connectivity index (χ1n) is 7.00. The molecule has 0 heterocycles. The van der Waals surface area contributed by atoms with Crippen LogP contribution in [0.5, 0.6) is 5.75 Å². The molecular weight excluding hydrogens is 312 g/mol. The van der Waals surface area contributed by atoms with Crippen molar-refractivity contribution in [1.29, 1.82) is 0 Å². The van der Waals surface area contributed by atoms with Gasteiger partial charge in [-0.2, -0.15) is 0 Å². The number of ether oxygens (including phenoxy) is 1. The first-order chi connectivity index (χ1) is 10.5. The highest BCUT2D eigenvalue weighted by Crippen LogP contribution is 2.32. The van der Waals surface area contributed by atoms with Gasteiger partial charge in [0.2, 0.25) is 0 Å². The van der Waals surface area contributed by atoms with Crippen molar-refractivity contribution < 1.29 is 9.53 Å². The molecule has 2 aromatic carbocycles. The quantitative estimate of drug-likeness (QED) is 0.547. The highest BCUT2D eigenvalue weighted by molar-refractivity contribution is 6.67. The number of rotatable bonds is 6. The second-order valence-corrected chi connectivity index (χ2v) is 8.35. The fourth-order valence-electron chi connectivity index (χ4n) is 2.02. The molecule has 0 spiro atoms. The summed E-state index contributed by atoms with van der Waals surface area (Å²) in [6, 6.07) is 13.4. The Balaban J connectivity index is 2.43. The number of hydrogen-bond acceptors (Lipinski definition) is 2. The summed E-state index contributed by atoms with van der Waals surface area (Å²) in [6.07, 6.45) is 2.49. The van der Waals surface area contributed by atoms with Crippen molar-refractivity contribution in [2.24, 2.45) is 0 Å². The van der Waals surface area contributed by atoms with Gasteiger partial charge in [-0.05, 0) is 40.9 Å². The van der Waals surface area contributed by atoms with Gasteiger partial charge in [0, 0.05) is 11.1 Å². The molecule has 0 N–H and O–H groups in total. The van der Waals surface area contributed by atoms with Gasteiger partial charge < -0.3 is 4.74 Å². The molecule has 0 saturated heterocycles. The zero-order valence-electron chi connectivity index (χ0n) is 12.7. The van der Waals surface area contributed by atoms with E-state index < -0.39 is 14.0 Å². The highest BCUT2D eigenvalue weighted by Gasteiger charge is 2.11. The Morgan fingerprint density at radius 2 is 1.91 bits per heavy atom. The van der Waals surface area contributed by atoms with E-state index in [1.165, 1.54) is 0 Å². The van der Waals surface area contributed by atoms with Crippen LogP contribution in [0.25, 0.3) is 17.2 Å². The Labute approximate surface area is 138 Å². The van der Waals surface area contributed by atoms with E-state index in [0.29, 0.717) is 17.5 Å². The maximum atomic E-state index is 11.4. The van der Waals surface area contributed by atoms with Crippen molar-refractivity contribution in [3.63, 3.8) is 0 Å². The fourth-order valence-corrected chi connectivity index (χ4v) is 2.59. The Kier molecular flexibility index (Phi) is 5.58. The van der Waals surface area contributed by atoms with Crippen LogP contribution in [0.3, 0.4) is 0 Å². The van der Waals surface area contributed by atoms with Crippen LogP contribution in [-0.4, -0.2) is 20.3 Å². The van der Waals surface area contributed by atoms with E-state index in [9.17, 15) is 4.79 Å². The first-order valence-corrected chi connectivity index (χ1v) is 10.1. The Bertz CT molecular complexity index is 678. The first kappa shape index (κ1) is 16.5. The Morgan fingerprint density at radius 3 is 2.45 bits per heavy atom. The molecule has 0 aromatic heterocycles. The van der Waals surface area contributed by atoms with Gasteiger partial charge in [0.15, 0.2) is 0 Å². The van der Waals surface area contributed by atoms with Gasteiger partial charge in [-0.3, -0.25) is 4.79 Å². The molecule has 2 rings (SSSR count). The number of halogens is 1. The lowest BCUT2D eigenvalue weighted by molar-refractivity contribution is 0.108. The third-order valence-corrected chi connectivity index (χ3v) is 4.12. The van der Waals surface area contributed by atoms with Gasteiger partial charge >= 0.3 is 0 Å². The average Bonchev–Trinajstić information content (AvgIpc) is 2.52. The minimum atomic E-state index is -0.527. The topological polar surface area (TPSA) is 26.3 Å². The smallest absolute Gasteiger partial charge is 0.252 e. The van der Waals surface area contributed by atoms with Crippen LogP contribution in [0.1, 0.15) is 15.9 Å². The number of hydrogen-bond donors (Lipinski definition) is 0. The van der Waals surface area contributed by atoms with Gasteiger partial charge in [-0.15, -0.1) is 0 Å². The summed E-state index contributed by atoms with van der Waals surface area (Å²) in [5.41, 5.74) is 3.51. The minimum absolute atomic E-state index is 0.448. The van der Waals surface area contributed by atoms with Crippen molar-refractivity contribution in [2.45, 2.75) is 13.1 Å². The maximum absolute atomic E-state index is 11.4. The van der Waals surface area contributed by atoms with Crippen LogP contribution in [0.4, 0.5) is 0 Å². The van der Waals surface area contributed by atoms with Crippen LogP contribution in [-0.2, 0) is 0 Å². The zero-order valence-corrected chi connectivity index (χ0v) is 14.5. The van der Waals surface area contributed by atoms with Gasteiger partial charge in [0.25, 0.3) is 5.24 Å². The van der Waals surface area contributed by atoms with Crippen LogP contribution in [0, 0.1) is 0 Å². The van der Waals surface area contributed by atoms with Crippen molar-refractivity contribution >= 4 is 31.7 Å². The molecule has 0 aliphatic heterocycles. The SMILES string of the molecule is C=Cc1ccc(-c2ccc(C(=O)Cl)cc2OC[Si](C)C)cc1. The molecule has 0 amide bonds. The van der Waals surface area contributed by atoms with Gasteiger partial charge in [-0.1, -0.05) is 50.0 Å². The molecule has 4 heteroatoms. The molecule has 113 valence electrons. The molecule has 2 aromatic rings. The molecule has 2 nitrogen and oxygen atoms in total. The van der Waals surface area contributed by atoms with Crippen molar-refractivity contribution in [1.82, 2.24) is 0 Å². The minimum Gasteiger partial charge on any atom is -0.497 e. The van der Waals surface area contributed by atoms with Crippen LogP contribution >= 0.6 is 11.6 Å². The van der Waals surface area contributed by atoms with E-state index in [2.05, 4.69) is 19.7 Å². The van der Waals surface area contributed by atoms with Crippen LogP contribution in [0.2, 0.25) is 13.1 Å². The van der Waals surface area contributed by atoms with E-state index in [4.69, 9.17) is 16.3 Å². The third kappa shape index (κ3) is 4.09. The lowest BCUT2D eigenvalue weighted by Crippen LogP contribution is -2.14. The zero-order chi connectivity index (χ0) is 16.1. The van der Waals surface area contributed by atoms with Crippen LogP contribution in [0.15, 0.2) is 49.0 Å². The third-order valence-electron chi connectivity index (χ3n) is 3.18. The average molecular weight is 330 g/mol. The molecular formula is C18H18ClO2Si. The Hall–Kier alpha value is -1.84. The van der Waals surface area contributed by atoms with Crippen molar-refractivity contribution in [3.05, 3.63) is 60.2 Å². The second-order valence-electron chi connectivity index (χ2n) is 5.31. The van der Waals surface area contributed by atoms with Crippen molar-refractivity contribution in [3.8, 4) is 16.9 Å². The van der Waals surface area contributed by atoms with Gasteiger partial charge in [0.1, 0.15) is 5.75 Å². The molecule has 1 radical (unpaired) electrons. The summed E-state index contributed by atoms with van der Waals surface area (Å²) in [7, 11) is -0.527. The van der Waals surface area contributed by atoms with Crippen LogP contribution < -0.4 is 4.74 Å². The van der Waals surface area contributed by atoms with Gasteiger partial charge in [-0.25, -0.2) is 0 Å². The van der Waals surface area contributed by atoms with E-state index >= 15 is 0 Å². The molecule has 0 saturated carbocycles. The monoisotopic (exact) mass is 329 g/mol. The molecule has 0 unspecified atom stereocenters. The molecule has 0 atom stereocenters. The largest absolute Gasteiger partial charge is 0.497 e. The predicted molar refractivity (Wildman–Crippen MR) is 95.1 cm³/mol. The lowest BCUT2D eigenvalue weighted by Gasteiger charge is -2.14. The van der Waals surface area contributed by atoms with E-state index in [1.807, 2.05) is 30.3 Å². The molecule has 0 aliphatic carbocycles. The van der Waals surface area contributed by atoms with Gasteiger partial charge in [0.05, 0.1) is 15.0 Å². The standard InChI is InChI=1S/C18H18ClO2Si/c1-4-13-5-7-14(8-6-13)16-10-9-15(18(19)20)11-17(16)21-12-22(2)3/h4-11H,1,12H2,2-3H3. The van der Waals surface area contributed by atoms with E-state index in [-0.39, 0.29) is 0 Å². The van der Waals surface area contributed by atoms with E-state index in [1.54, 1.807) is 18.2 Å². The fraction of sp³-hybridized carbons (Fsp3) is 0.167. The predicted octanol–water partition coefficient (Wildman–Crippen LogP) is 5.05. The summed E-state index contributed by atoms with van der Waals surface area (Å²) in [4.78, 5) is 11.4. The van der Waals surface area contributed by atoms with E-state index in [0.717, 1.165) is 16.7 Å². The summed E-state index contributed by atoms with van der Waals surface area (Å²) in [6.45, 7) is 8.12. The number of benzene rings is 2. The molecule has 22 heavy (non-hydrogen) atoms. The molecule has 0 bridgehead atoms. The Morgan fingerprint density at radius 1 is 1.23 bits per heavy atom. The summed E-state index contributed by atoms with van der Waals surface area (Å²) in [5.74, 6) is 0.698. The van der Waals surface area contributed by atoms with Crippen molar-refractivity contribution in [2.75, 3.05) is 6.23 Å².